The van der Waals surface area contributed by atoms with Crippen molar-refractivity contribution in [2.75, 3.05) is 24.2 Å². The number of hydrogen-bond donors (Lipinski definition) is 2. The third-order valence-corrected chi connectivity index (χ3v) is 2.72. The molecule has 4 nitrogen and oxygen atoms in total. The van der Waals surface area contributed by atoms with Gasteiger partial charge < -0.3 is 15.7 Å². The molecule has 0 amide bonds. The maximum Gasteiger partial charge on any atom is 0.0670 e. The zero-order valence-electron chi connectivity index (χ0n) is 10.3. The Bertz CT molecular complexity index is 410. The van der Waals surface area contributed by atoms with Gasteiger partial charge in [-0.05, 0) is 37.1 Å². The van der Waals surface area contributed by atoms with Crippen molar-refractivity contribution < 1.29 is 5.11 Å². The maximum atomic E-state index is 9.24. The smallest absolute Gasteiger partial charge is 0.0670 e. The van der Waals surface area contributed by atoms with E-state index in [-0.39, 0.29) is 6.10 Å². The topological polar surface area (TPSA) is 73.3 Å². The summed E-state index contributed by atoms with van der Waals surface area (Å²) in [6, 6.07) is 7.78. The fourth-order valence-corrected chi connectivity index (χ4v) is 1.58. The first-order chi connectivity index (χ1) is 8.04. The van der Waals surface area contributed by atoms with E-state index in [1.165, 1.54) is 0 Å². The van der Waals surface area contributed by atoms with E-state index in [4.69, 9.17) is 11.0 Å². The highest BCUT2D eigenvalue weighted by molar-refractivity contribution is 5.58. The molecule has 0 saturated heterocycles. The Morgan fingerprint density at radius 3 is 2.82 bits per heavy atom. The largest absolute Gasteiger partial charge is 0.398 e. The Balaban J connectivity index is 2.77. The van der Waals surface area contributed by atoms with Crippen LogP contribution in [0.5, 0.6) is 0 Å². The highest BCUT2D eigenvalue weighted by Crippen LogP contribution is 2.21. The number of rotatable bonds is 5. The van der Waals surface area contributed by atoms with Crippen LogP contribution in [0, 0.1) is 11.3 Å². The van der Waals surface area contributed by atoms with E-state index in [0.717, 1.165) is 17.8 Å². The Morgan fingerprint density at radius 2 is 2.24 bits per heavy atom. The number of nitrogens with zero attached hydrogens (tertiary/aromatic N) is 2. The van der Waals surface area contributed by atoms with Gasteiger partial charge in [-0.15, -0.1) is 0 Å². The maximum absolute atomic E-state index is 9.24. The van der Waals surface area contributed by atoms with Crippen LogP contribution >= 0.6 is 0 Å². The van der Waals surface area contributed by atoms with E-state index in [9.17, 15) is 5.11 Å². The van der Waals surface area contributed by atoms with Gasteiger partial charge in [0.1, 0.15) is 0 Å². The first-order valence-corrected chi connectivity index (χ1v) is 5.69. The molecule has 1 aromatic carbocycles. The average Bonchev–Trinajstić information content (AvgIpc) is 2.29. The van der Waals surface area contributed by atoms with E-state index >= 15 is 0 Å². The summed E-state index contributed by atoms with van der Waals surface area (Å²) >= 11 is 0. The van der Waals surface area contributed by atoms with Crippen molar-refractivity contribution in [2.24, 2.45) is 0 Å². The Kier molecular flexibility index (Phi) is 4.80. The average molecular weight is 233 g/mol. The second kappa shape index (κ2) is 6.12. The molecule has 3 N–H and O–H groups in total. The van der Waals surface area contributed by atoms with Crippen molar-refractivity contribution in [3.05, 3.63) is 23.8 Å². The molecule has 0 aliphatic carbocycles. The fourth-order valence-electron chi connectivity index (χ4n) is 1.58. The molecule has 1 atom stereocenters. The van der Waals surface area contributed by atoms with Crippen LogP contribution < -0.4 is 10.6 Å². The molecule has 0 heterocycles. The Labute approximate surface area is 102 Å². The zero-order chi connectivity index (χ0) is 12.8. The van der Waals surface area contributed by atoms with Gasteiger partial charge in [-0.2, -0.15) is 5.26 Å². The van der Waals surface area contributed by atoms with Crippen LogP contribution in [0.2, 0.25) is 0 Å². The SMILES string of the molecule is CC(O)CCN(C)c1ccc(N)c(CC#N)c1. The zero-order valence-corrected chi connectivity index (χ0v) is 10.3. The first-order valence-electron chi connectivity index (χ1n) is 5.69. The lowest BCUT2D eigenvalue weighted by Crippen LogP contribution is -2.22. The standard InChI is InChI=1S/C13H19N3O/c1-10(17)6-8-16(2)12-3-4-13(15)11(9-12)5-7-14/h3-4,9-10,17H,5-6,8,15H2,1-2H3. The number of anilines is 2. The minimum atomic E-state index is -0.301. The highest BCUT2D eigenvalue weighted by atomic mass is 16.3. The quantitative estimate of drug-likeness (QED) is 0.757. The van der Waals surface area contributed by atoms with E-state index in [2.05, 4.69) is 6.07 Å². The number of benzene rings is 1. The Hall–Kier alpha value is -1.73. The van der Waals surface area contributed by atoms with E-state index in [0.29, 0.717) is 18.5 Å². The van der Waals surface area contributed by atoms with Crippen LogP contribution in [0.4, 0.5) is 11.4 Å². The minimum Gasteiger partial charge on any atom is -0.398 e. The van der Waals surface area contributed by atoms with Gasteiger partial charge in [0, 0.05) is 25.0 Å². The molecule has 0 saturated carbocycles. The van der Waals surface area contributed by atoms with Gasteiger partial charge >= 0.3 is 0 Å². The van der Waals surface area contributed by atoms with Crippen molar-refractivity contribution in [1.82, 2.24) is 0 Å². The van der Waals surface area contributed by atoms with E-state index in [1.54, 1.807) is 6.92 Å². The van der Waals surface area contributed by atoms with Gasteiger partial charge in [0.05, 0.1) is 18.6 Å². The number of nitrogens with two attached hydrogens (primary N) is 1. The van der Waals surface area contributed by atoms with Crippen LogP contribution in [0.25, 0.3) is 0 Å². The third kappa shape index (κ3) is 3.97. The van der Waals surface area contributed by atoms with E-state index in [1.807, 2.05) is 30.1 Å². The lowest BCUT2D eigenvalue weighted by molar-refractivity contribution is 0.187. The molecule has 0 aromatic heterocycles. The fraction of sp³-hybridized carbons (Fsp3) is 0.462. The van der Waals surface area contributed by atoms with Crippen LogP contribution in [-0.4, -0.2) is 24.8 Å². The number of aliphatic hydroxyl groups excluding tert-OH is 1. The molecule has 4 heteroatoms. The summed E-state index contributed by atoms with van der Waals surface area (Å²) in [5.41, 5.74) is 8.31. The summed E-state index contributed by atoms with van der Waals surface area (Å²) in [4.78, 5) is 2.05. The van der Waals surface area contributed by atoms with Gasteiger partial charge in [0.25, 0.3) is 0 Å². The van der Waals surface area contributed by atoms with Gasteiger partial charge in [0.15, 0.2) is 0 Å². The van der Waals surface area contributed by atoms with Gasteiger partial charge in [0.2, 0.25) is 0 Å². The van der Waals surface area contributed by atoms with Gasteiger partial charge in [-0.25, -0.2) is 0 Å². The summed E-state index contributed by atoms with van der Waals surface area (Å²) in [7, 11) is 1.96. The number of nitrogen functional groups attached to an aromatic ring is 1. The molecule has 1 unspecified atom stereocenters. The van der Waals surface area contributed by atoms with Gasteiger partial charge in [-0.3, -0.25) is 0 Å². The molecule has 92 valence electrons. The molecule has 0 fully saturated rings. The number of nitriles is 1. The molecule has 0 aliphatic heterocycles. The molecule has 0 spiro atoms. The highest BCUT2D eigenvalue weighted by Gasteiger charge is 2.06. The lowest BCUT2D eigenvalue weighted by Gasteiger charge is -2.21. The van der Waals surface area contributed by atoms with Gasteiger partial charge in [-0.1, -0.05) is 0 Å². The molecular weight excluding hydrogens is 214 g/mol. The van der Waals surface area contributed by atoms with Crippen LogP contribution in [0.1, 0.15) is 18.9 Å². The predicted molar refractivity (Wildman–Crippen MR) is 69.7 cm³/mol. The second-order valence-corrected chi connectivity index (χ2v) is 4.28. The Morgan fingerprint density at radius 1 is 1.53 bits per heavy atom. The second-order valence-electron chi connectivity index (χ2n) is 4.28. The van der Waals surface area contributed by atoms with Crippen LogP contribution in [-0.2, 0) is 6.42 Å². The van der Waals surface area contributed by atoms with Crippen molar-refractivity contribution >= 4 is 11.4 Å². The number of hydrogen-bond acceptors (Lipinski definition) is 4. The van der Waals surface area contributed by atoms with Crippen molar-refractivity contribution in [1.29, 1.82) is 5.26 Å². The van der Waals surface area contributed by atoms with E-state index < -0.39 is 0 Å². The van der Waals surface area contributed by atoms with Crippen molar-refractivity contribution in [2.45, 2.75) is 25.9 Å². The summed E-state index contributed by atoms with van der Waals surface area (Å²) in [5, 5.41) is 17.9. The molecule has 1 rings (SSSR count). The normalized spacial score (nSPS) is 11.9. The van der Waals surface area contributed by atoms with Crippen LogP contribution in [0.15, 0.2) is 18.2 Å². The summed E-state index contributed by atoms with van der Waals surface area (Å²) in [6.45, 7) is 2.55. The third-order valence-electron chi connectivity index (χ3n) is 2.72. The first kappa shape index (κ1) is 13.3. The summed E-state index contributed by atoms with van der Waals surface area (Å²) in [6.07, 6.45) is 0.739. The monoisotopic (exact) mass is 233 g/mol. The summed E-state index contributed by atoms with van der Waals surface area (Å²) in [5.74, 6) is 0. The molecular formula is C13H19N3O. The van der Waals surface area contributed by atoms with Crippen LogP contribution in [0.3, 0.4) is 0 Å². The van der Waals surface area contributed by atoms with Crippen molar-refractivity contribution in [3.8, 4) is 6.07 Å². The molecule has 0 radical (unpaired) electrons. The summed E-state index contributed by atoms with van der Waals surface area (Å²) < 4.78 is 0. The molecule has 0 bridgehead atoms. The lowest BCUT2D eigenvalue weighted by atomic mass is 10.1. The molecule has 1 aromatic rings. The predicted octanol–water partition coefficient (Wildman–Crippen LogP) is 1.54. The minimum absolute atomic E-state index is 0.301. The number of aliphatic hydroxyl groups is 1. The van der Waals surface area contributed by atoms with Crippen molar-refractivity contribution in [3.63, 3.8) is 0 Å². The molecule has 0 aliphatic rings. The molecule has 17 heavy (non-hydrogen) atoms.